The molecule has 0 unspecified atom stereocenters. The summed E-state index contributed by atoms with van der Waals surface area (Å²) in [6.45, 7) is 17.6. The fourth-order valence-corrected chi connectivity index (χ4v) is 6.25. The van der Waals surface area contributed by atoms with E-state index in [-0.39, 0.29) is 5.92 Å². The van der Waals surface area contributed by atoms with Crippen LogP contribution in [0.15, 0.2) is 11.4 Å². The van der Waals surface area contributed by atoms with Crippen LogP contribution in [0.3, 0.4) is 0 Å². The normalized spacial score (nSPS) is 30.4. The fraction of sp³-hybridized carbons (Fsp3) is 0.400. The highest BCUT2D eigenvalue weighted by Gasteiger charge is 2.41. The molecular formula is C30H36N4O. The van der Waals surface area contributed by atoms with Crippen LogP contribution in [-0.4, -0.2) is 20.1 Å². The van der Waals surface area contributed by atoms with E-state index in [4.69, 9.17) is 0 Å². The maximum Gasteiger partial charge on any atom is 0.0880 e. The lowest BCUT2D eigenvalue weighted by Gasteiger charge is -2.17. The molecule has 5 nitrogen and oxygen atoms in total. The van der Waals surface area contributed by atoms with Crippen LogP contribution in [0.1, 0.15) is 83.0 Å². The zero-order valence-corrected chi connectivity index (χ0v) is 22.0. The summed E-state index contributed by atoms with van der Waals surface area (Å²) in [5.74, 6) is 0.729. The number of rotatable bonds is 0. The first-order valence-electron chi connectivity index (χ1n) is 12.8. The molecular weight excluding hydrogens is 432 g/mol. The van der Waals surface area contributed by atoms with Crippen LogP contribution in [0, 0.1) is 52.4 Å². The Labute approximate surface area is 206 Å². The number of H-pyrrole nitrogens is 3. The Morgan fingerprint density at radius 3 is 1.83 bits per heavy atom. The molecule has 3 aliphatic rings. The summed E-state index contributed by atoms with van der Waals surface area (Å²) >= 11 is 0. The van der Waals surface area contributed by atoms with Gasteiger partial charge in [0.25, 0.3) is 0 Å². The molecule has 182 valence electrons. The van der Waals surface area contributed by atoms with E-state index >= 15 is 0 Å². The van der Waals surface area contributed by atoms with E-state index in [0.717, 1.165) is 44.6 Å². The van der Waals surface area contributed by atoms with E-state index in [2.05, 4.69) is 93.9 Å². The van der Waals surface area contributed by atoms with E-state index in [9.17, 15) is 5.11 Å². The number of aliphatic hydroxyl groups excluding tert-OH is 1. The SMILES string of the molecule is Cc1c2[nH]c(c1C)/C=c1\[nH]/c(c(C)c1C)=C\c1[nH]c3c(c1C)[C@@H](O)[C@H](C)/C3=C1/N/C(=C\2)[C@@H](C)[C@@H]1C. The van der Waals surface area contributed by atoms with Gasteiger partial charge in [0.05, 0.1) is 11.8 Å². The van der Waals surface area contributed by atoms with E-state index in [1.54, 1.807) is 0 Å². The van der Waals surface area contributed by atoms with Gasteiger partial charge < -0.3 is 25.4 Å². The van der Waals surface area contributed by atoms with Crippen LogP contribution >= 0.6 is 0 Å². The first-order chi connectivity index (χ1) is 16.6. The number of allylic oxidation sites excluding steroid dienone is 2. The molecule has 0 radical (unpaired) electrons. The van der Waals surface area contributed by atoms with Gasteiger partial charge in [-0.15, -0.1) is 0 Å². The van der Waals surface area contributed by atoms with E-state index in [1.807, 2.05) is 0 Å². The molecule has 8 bridgehead atoms. The molecule has 3 aromatic rings. The number of fused-ring (bicyclic) bond motifs is 7. The van der Waals surface area contributed by atoms with Gasteiger partial charge in [-0.2, -0.15) is 0 Å². The lowest BCUT2D eigenvalue weighted by Crippen LogP contribution is -2.13. The summed E-state index contributed by atoms with van der Waals surface area (Å²) < 4.78 is 0. The number of aromatic nitrogens is 3. The van der Waals surface area contributed by atoms with Gasteiger partial charge in [0, 0.05) is 68.1 Å². The standard InChI is InChI=1S/C30H36N4O/c1-12-14(3)22-10-24-16(5)17(6)28(33-24)26-19(8)30(35)27-18(7)25(34-29(26)27)11-23-15(4)13(2)21(32-23)9-20(12)31-22/h9-11,16-17,19,30-35H,1-8H3/b21-9-,23-11-,24-10-,28-26-/t16-,17-,19+,30-/m0/s1. The first kappa shape index (κ1) is 22.3. The van der Waals surface area contributed by atoms with E-state index in [1.165, 1.54) is 39.2 Å². The first-order valence-corrected chi connectivity index (χ1v) is 12.8. The van der Waals surface area contributed by atoms with Gasteiger partial charge in [-0.25, -0.2) is 0 Å². The molecule has 1 saturated heterocycles. The van der Waals surface area contributed by atoms with Gasteiger partial charge in [0.15, 0.2) is 0 Å². The third kappa shape index (κ3) is 2.97. The van der Waals surface area contributed by atoms with Crippen molar-refractivity contribution in [2.24, 2.45) is 17.8 Å². The smallest absolute Gasteiger partial charge is 0.0880 e. The van der Waals surface area contributed by atoms with Crippen LogP contribution in [-0.2, 0) is 0 Å². The second-order valence-electron chi connectivity index (χ2n) is 11.0. The van der Waals surface area contributed by atoms with Crippen LogP contribution in [0.2, 0.25) is 0 Å². The van der Waals surface area contributed by atoms with Crippen molar-refractivity contribution in [3.63, 3.8) is 0 Å². The second-order valence-corrected chi connectivity index (χ2v) is 11.0. The van der Waals surface area contributed by atoms with Crippen molar-refractivity contribution in [3.8, 4) is 0 Å². The Balaban J connectivity index is 1.73. The molecule has 0 spiro atoms. The van der Waals surface area contributed by atoms with Crippen molar-refractivity contribution in [1.29, 1.82) is 0 Å². The summed E-state index contributed by atoms with van der Waals surface area (Å²) in [6.07, 6.45) is 6.22. The Hall–Kier alpha value is -3.18. The Kier molecular flexibility index (Phi) is 4.72. The molecule has 0 saturated carbocycles. The molecule has 2 aliphatic heterocycles. The molecule has 1 fully saturated rings. The lowest BCUT2D eigenvalue weighted by atomic mass is 9.89. The minimum absolute atomic E-state index is 0.0381. The quantitative estimate of drug-likeness (QED) is 0.337. The summed E-state index contributed by atoms with van der Waals surface area (Å²) in [5, 5.41) is 17.3. The number of aromatic amines is 3. The molecule has 1 aliphatic carbocycles. The van der Waals surface area contributed by atoms with Crippen molar-refractivity contribution < 1.29 is 5.11 Å². The van der Waals surface area contributed by atoms with Crippen molar-refractivity contribution in [1.82, 2.24) is 20.3 Å². The molecule has 5 heterocycles. The largest absolute Gasteiger partial charge is 0.388 e. The highest BCUT2D eigenvalue weighted by molar-refractivity contribution is 5.80. The number of nitrogens with one attached hydrogen (secondary N) is 4. The summed E-state index contributed by atoms with van der Waals surface area (Å²) in [4.78, 5) is 11.1. The molecule has 5 N–H and O–H groups in total. The van der Waals surface area contributed by atoms with Crippen molar-refractivity contribution in [2.75, 3.05) is 0 Å². The number of hydrogen-bond donors (Lipinski definition) is 5. The molecule has 0 aromatic carbocycles. The third-order valence-electron chi connectivity index (χ3n) is 9.25. The van der Waals surface area contributed by atoms with Gasteiger partial charge in [0.2, 0.25) is 0 Å². The summed E-state index contributed by atoms with van der Waals surface area (Å²) in [6, 6.07) is 0. The van der Waals surface area contributed by atoms with Crippen LogP contribution in [0.25, 0.3) is 23.8 Å². The van der Waals surface area contributed by atoms with Gasteiger partial charge in [-0.05, 0) is 80.7 Å². The molecule has 5 heteroatoms. The average molecular weight is 469 g/mol. The molecule has 0 amide bonds. The van der Waals surface area contributed by atoms with Crippen molar-refractivity contribution in [2.45, 2.75) is 61.5 Å². The van der Waals surface area contributed by atoms with Gasteiger partial charge >= 0.3 is 0 Å². The highest BCUT2D eigenvalue weighted by Crippen LogP contribution is 2.50. The van der Waals surface area contributed by atoms with Crippen molar-refractivity contribution in [3.05, 3.63) is 78.2 Å². The molecule has 4 atom stereocenters. The summed E-state index contributed by atoms with van der Waals surface area (Å²) in [5.41, 5.74) is 15.3. The molecule has 6 rings (SSSR count). The molecule has 35 heavy (non-hydrogen) atoms. The predicted octanol–water partition coefficient (Wildman–Crippen LogP) is 4.49. The van der Waals surface area contributed by atoms with Crippen LogP contribution in [0.5, 0.6) is 0 Å². The second kappa shape index (κ2) is 7.41. The van der Waals surface area contributed by atoms with Crippen LogP contribution in [0.4, 0.5) is 0 Å². The monoisotopic (exact) mass is 468 g/mol. The Morgan fingerprint density at radius 1 is 0.629 bits per heavy atom. The van der Waals surface area contributed by atoms with Gasteiger partial charge in [-0.3, -0.25) is 0 Å². The maximum absolute atomic E-state index is 11.3. The number of aliphatic hydroxyl groups is 1. The van der Waals surface area contributed by atoms with Crippen LogP contribution < -0.4 is 16.0 Å². The van der Waals surface area contributed by atoms with Crippen molar-refractivity contribution >= 4 is 23.8 Å². The third-order valence-corrected chi connectivity index (χ3v) is 9.25. The Morgan fingerprint density at radius 2 is 1.20 bits per heavy atom. The predicted molar refractivity (Wildman–Crippen MR) is 143 cm³/mol. The number of hydrogen-bond acceptors (Lipinski definition) is 2. The fourth-order valence-electron chi connectivity index (χ4n) is 6.25. The lowest BCUT2D eigenvalue weighted by molar-refractivity contribution is 0.150. The topological polar surface area (TPSA) is 79.6 Å². The molecule has 3 aromatic heterocycles. The van der Waals surface area contributed by atoms with Gasteiger partial charge in [0.1, 0.15) is 0 Å². The van der Waals surface area contributed by atoms with E-state index in [0.29, 0.717) is 11.8 Å². The highest BCUT2D eigenvalue weighted by atomic mass is 16.3. The minimum Gasteiger partial charge on any atom is -0.388 e. The Bertz CT molecular complexity index is 1590. The minimum atomic E-state index is -0.506. The van der Waals surface area contributed by atoms with E-state index < -0.39 is 6.10 Å². The summed E-state index contributed by atoms with van der Waals surface area (Å²) in [7, 11) is 0. The zero-order valence-electron chi connectivity index (χ0n) is 22.0. The average Bonchev–Trinajstić information content (AvgIpc) is 3.52. The van der Waals surface area contributed by atoms with Gasteiger partial charge in [-0.1, -0.05) is 20.8 Å². The maximum atomic E-state index is 11.3. The zero-order chi connectivity index (χ0) is 24.9.